The summed E-state index contributed by atoms with van der Waals surface area (Å²) in [4.78, 5) is 45.9. The van der Waals surface area contributed by atoms with Crippen LogP contribution in [-0.2, 0) is 37.5 Å². The number of esters is 2. The molecular weight excluding hydrogens is 757 g/mol. The standard InChI is InChI=1S/C46H74NO10P/c1-3-5-7-9-11-13-15-17-19-20-21-22-24-26-28-30-32-34-36-38-45(49)57-42(40-55-58(52,53)56-41-43(47)46(50)51)39-54-44(48)37-35-33-31-29-27-25-23-18-16-14-12-10-8-6-4-2/h5,7,11-14,17-19,21-23,26,28,32,34,42-43H,3-4,6,8-10,15-16,20,24-25,27,29-31,33,35-41,47H2,1-2H3,(H,50,51)(H,52,53)/b7-5+,13-11+,14-12+,19-17+,22-21+,23-18+,28-26+,34-32+/t42-,43+/m1/s1. The van der Waals surface area contributed by atoms with Crippen LogP contribution in [0.3, 0.4) is 0 Å². The maximum atomic E-state index is 12.6. The monoisotopic (exact) mass is 832 g/mol. The van der Waals surface area contributed by atoms with Gasteiger partial charge in [-0.25, -0.2) is 4.57 Å². The van der Waals surface area contributed by atoms with Gasteiger partial charge >= 0.3 is 25.7 Å². The molecule has 3 atom stereocenters. The van der Waals surface area contributed by atoms with Gasteiger partial charge in [-0.15, -0.1) is 0 Å². The Kier molecular flexibility index (Phi) is 37.7. The zero-order chi connectivity index (χ0) is 42.8. The third-order valence-corrected chi connectivity index (χ3v) is 9.28. The zero-order valence-electron chi connectivity index (χ0n) is 35.3. The second kappa shape index (κ2) is 40.2. The Labute approximate surface area is 349 Å². The van der Waals surface area contributed by atoms with Crippen molar-refractivity contribution in [2.75, 3.05) is 19.8 Å². The molecule has 0 rings (SSSR count). The van der Waals surface area contributed by atoms with Crippen LogP contribution in [-0.4, -0.2) is 59.9 Å². The first-order valence-corrected chi connectivity index (χ1v) is 22.8. The van der Waals surface area contributed by atoms with Gasteiger partial charge in [0.05, 0.1) is 13.2 Å². The van der Waals surface area contributed by atoms with Crippen LogP contribution in [0.1, 0.15) is 142 Å². The first-order chi connectivity index (χ1) is 28.1. The van der Waals surface area contributed by atoms with Crippen LogP contribution < -0.4 is 5.73 Å². The second-order valence-corrected chi connectivity index (χ2v) is 15.2. The first kappa shape index (κ1) is 54.4. The van der Waals surface area contributed by atoms with Gasteiger partial charge in [0.25, 0.3) is 0 Å². The number of hydrogen-bond donors (Lipinski definition) is 3. The van der Waals surface area contributed by atoms with Gasteiger partial charge in [-0.3, -0.25) is 23.4 Å². The number of phosphoric acid groups is 1. The van der Waals surface area contributed by atoms with Gasteiger partial charge in [0.2, 0.25) is 0 Å². The van der Waals surface area contributed by atoms with Crippen LogP contribution in [0.25, 0.3) is 0 Å². The molecule has 0 saturated carbocycles. The van der Waals surface area contributed by atoms with Crippen LogP contribution in [0.5, 0.6) is 0 Å². The SMILES string of the molecule is CC/C=C/C/C=C/C/C=C/C/C=C/C/C=C/C/C=C/CCC(=O)O[C@H](COC(=O)CCCCCCC/C=C/C/C=C/CCCCC)COP(=O)(O)OC[C@H](N)C(=O)O. The number of phosphoric ester groups is 1. The van der Waals surface area contributed by atoms with Crippen molar-refractivity contribution in [3.05, 3.63) is 97.2 Å². The average molecular weight is 832 g/mol. The van der Waals surface area contributed by atoms with E-state index in [1.165, 1.54) is 19.3 Å². The molecule has 58 heavy (non-hydrogen) atoms. The Morgan fingerprint density at radius 2 is 1.00 bits per heavy atom. The number of unbranched alkanes of at least 4 members (excludes halogenated alkanes) is 8. The third-order valence-electron chi connectivity index (χ3n) is 8.33. The van der Waals surface area contributed by atoms with Crippen LogP contribution in [0.4, 0.5) is 0 Å². The highest BCUT2D eigenvalue weighted by Gasteiger charge is 2.28. The molecule has 12 heteroatoms. The Bertz CT molecular complexity index is 1350. The molecule has 0 heterocycles. The minimum atomic E-state index is -4.75. The van der Waals surface area contributed by atoms with Crippen molar-refractivity contribution < 1.29 is 47.5 Å². The third kappa shape index (κ3) is 39.2. The van der Waals surface area contributed by atoms with E-state index < -0.39 is 51.1 Å². The summed E-state index contributed by atoms with van der Waals surface area (Å²) in [5.74, 6) is -2.52. The number of carboxylic acid groups (broad SMARTS) is 1. The molecule has 0 amide bonds. The lowest BCUT2D eigenvalue weighted by atomic mass is 10.1. The topological polar surface area (TPSA) is 172 Å². The fourth-order valence-electron chi connectivity index (χ4n) is 5.00. The van der Waals surface area contributed by atoms with E-state index in [-0.39, 0.29) is 19.4 Å². The number of carbonyl (C=O) groups is 3. The van der Waals surface area contributed by atoms with E-state index >= 15 is 0 Å². The van der Waals surface area contributed by atoms with E-state index in [9.17, 15) is 23.8 Å². The van der Waals surface area contributed by atoms with Crippen LogP contribution in [0.2, 0.25) is 0 Å². The van der Waals surface area contributed by atoms with Crippen LogP contribution in [0.15, 0.2) is 97.2 Å². The van der Waals surface area contributed by atoms with Gasteiger partial charge in [-0.1, -0.05) is 143 Å². The van der Waals surface area contributed by atoms with Crippen molar-refractivity contribution in [2.45, 2.75) is 154 Å². The molecule has 0 aromatic carbocycles. The second-order valence-electron chi connectivity index (χ2n) is 13.7. The van der Waals surface area contributed by atoms with E-state index in [1.807, 2.05) is 18.2 Å². The van der Waals surface area contributed by atoms with Crippen molar-refractivity contribution >= 4 is 25.7 Å². The lowest BCUT2D eigenvalue weighted by Gasteiger charge is -2.20. The summed E-state index contributed by atoms with van der Waals surface area (Å²) >= 11 is 0. The van der Waals surface area contributed by atoms with Crippen molar-refractivity contribution in [1.82, 2.24) is 0 Å². The lowest BCUT2D eigenvalue weighted by Crippen LogP contribution is -2.34. The highest BCUT2D eigenvalue weighted by atomic mass is 31.2. The molecule has 0 radical (unpaired) electrons. The molecule has 0 fully saturated rings. The highest BCUT2D eigenvalue weighted by Crippen LogP contribution is 2.43. The van der Waals surface area contributed by atoms with Crippen molar-refractivity contribution in [3.63, 3.8) is 0 Å². The molecule has 11 nitrogen and oxygen atoms in total. The van der Waals surface area contributed by atoms with Gasteiger partial charge in [0.1, 0.15) is 12.6 Å². The number of ether oxygens (including phenoxy) is 2. The molecule has 0 saturated heterocycles. The maximum Gasteiger partial charge on any atom is 0.472 e. The van der Waals surface area contributed by atoms with Crippen molar-refractivity contribution in [1.29, 1.82) is 0 Å². The van der Waals surface area contributed by atoms with Gasteiger partial charge in [0.15, 0.2) is 6.10 Å². The number of carbonyl (C=O) groups excluding carboxylic acids is 2. The Morgan fingerprint density at radius 1 is 0.552 bits per heavy atom. The fraction of sp³-hybridized carbons (Fsp3) is 0.587. The van der Waals surface area contributed by atoms with E-state index in [2.05, 4.69) is 97.4 Å². The Morgan fingerprint density at radius 3 is 1.52 bits per heavy atom. The zero-order valence-corrected chi connectivity index (χ0v) is 36.2. The largest absolute Gasteiger partial charge is 0.480 e. The summed E-state index contributed by atoms with van der Waals surface area (Å²) in [5.41, 5.74) is 5.32. The Balaban J connectivity index is 4.56. The van der Waals surface area contributed by atoms with Gasteiger partial charge in [0, 0.05) is 12.8 Å². The van der Waals surface area contributed by atoms with E-state index in [1.54, 1.807) is 0 Å². The number of hydrogen-bond acceptors (Lipinski definition) is 9. The minimum Gasteiger partial charge on any atom is -0.480 e. The molecule has 0 aromatic heterocycles. The summed E-state index contributed by atoms with van der Waals surface area (Å²) in [7, 11) is -4.75. The summed E-state index contributed by atoms with van der Waals surface area (Å²) in [6, 6.07) is -1.54. The number of rotatable bonds is 38. The average Bonchev–Trinajstić information content (AvgIpc) is 3.20. The molecule has 0 spiro atoms. The lowest BCUT2D eigenvalue weighted by molar-refractivity contribution is -0.161. The van der Waals surface area contributed by atoms with Crippen LogP contribution in [0, 0.1) is 0 Å². The number of aliphatic carboxylic acids is 1. The molecule has 0 aromatic rings. The van der Waals surface area contributed by atoms with E-state index in [4.69, 9.17) is 24.8 Å². The summed E-state index contributed by atoms with van der Waals surface area (Å²) < 4.78 is 32.6. The van der Waals surface area contributed by atoms with E-state index in [0.717, 1.165) is 77.0 Å². The van der Waals surface area contributed by atoms with Gasteiger partial charge < -0.3 is 25.2 Å². The Hall–Kier alpha value is -3.60. The van der Waals surface area contributed by atoms with Crippen molar-refractivity contribution in [2.24, 2.45) is 5.73 Å². The summed E-state index contributed by atoms with van der Waals surface area (Å²) in [5, 5.41) is 8.88. The predicted molar refractivity (Wildman–Crippen MR) is 235 cm³/mol. The van der Waals surface area contributed by atoms with Gasteiger partial charge in [-0.2, -0.15) is 0 Å². The van der Waals surface area contributed by atoms with Crippen molar-refractivity contribution in [3.8, 4) is 0 Å². The van der Waals surface area contributed by atoms with Gasteiger partial charge in [-0.05, 0) is 83.5 Å². The molecular formula is C46H74NO10P. The first-order valence-electron chi connectivity index (χ1n) is 21.3. The number of nitrogens with two attached hydrogens (primary N) is 1. The number of allylic oxidation sites excluding steroid dienone is 16. The maximum absolute atomic E-state index is 12.6. The molecule has 0 aliphatic heterocycles. The number of carboxylic acids is 1. The molecule has 328 valence electrons. The van der Waals surface area contributed by atoms with E-state index in [0.29, 0.717) is 19.3 Å². The highest BCUT2D eigenvalue weighted by molar-refractivity contribution is 7.47. The van der Waals surface area contributed by atoms with Crippen LogP contribution >= 0.6 is 7.82 Å². The minimum absolute atomic E-state index is 0.0271. The summed E-state index contributed by atoms with van der Waals surface area (Å²) in [6.07, 6.45) is 50.6. The normalized spacial score (nSPS) is 14.7. The molecule has 1 unspecified atom stereocenters. The predicted octanol–water partition coefficient (Wildman–Crippen LogP) is 11.3. The smallest absolute Gasteiger partial charge is 0.472 e. The fourth-order valence-corrected chi connectivity index (χ4v) is 5.78. The molecule has 0 aliphatic rings. The molecule has 4 N–H and O–H groups in total. The quantitative estimate of drug-likeness (QED) is 0.0234. The molecule has 0 aliphatic carbocycles. The molecule has 0 bridgehead atoms. The summed E-state index contributed by atoms with van der Waals surface area (Å²) in [6.45, 7) is 2.55.